The van der Waals surface area contributed by atoms with Crippen LogP contribution in [0.25, 0.3) is 11.4 Å². The average molecular weight is 606 g/mol. The van der Waals surface area contributed by atoms with Crippen LogP contribution in [0.3, 0.4) is 0 Å². The molecule has 2 heterocycles. The number of nitrogens with zero attached hydrogens (tertiary/aromatic N) is 2. The zero-order chi connectivity index (χ0) is 29.1. The molecule has 0 fully saturated rings. The van der Waals surface area contributed by atoms with Gasteiger partial charge in [-0.05, 0) is 49.1 Å². The predicted molar refractivity (Wildman–Crippen MR) is 133 cm³/mol. The first kappa shape index (κ1) is 33.1. The Morgan fingerprint density at radius 2 is 0.707 bits per heavy atom. The molecule has 41 heavy (non-hydrogen) atoms. The maximum absolute atomic E-state index is 13.2. The van der Waals surface area contributed by atoms with Gasteiger partial charge in [0.05, 0.1) is 34.9 Å². The van der Waals surface area contributed by atoms with Crippen molar-refractivity contribution in [2.45, 2.75) is 0 Å². The normalized spacial score (nSPS) is 9.76. The summed E-state index contributed by atoms with van der Waals surface area (Å²) in [7, 11) is 0. The summed E-state index contributed by atoms with van der Waals surface area (Å²) in [6.45, 7) is 0. The Morgan fingerprint density at radius 3 is 0.951 bits per heavy atom. The number of halogens is 8. The van der Waals surface area contributed by atoms with E-state index in [4.69, 9.17) is 0 Å². The maximum Gasteiger partial charge on any atom is 4.00 e. The van der Waals surface area contributed by atoms with Gasteiger partial charge < -0.3 is 9.13 Å². The van der Waals surface area contributed by atoms with Crippen LogP contribution in [0.15, 0.2) is 110 Å². The SMILES string of the molecule is Fc1[c-]c(F)c(-n2cccc2)c(F)c1F.Fc1[c-]c(F)c(-n2cccc2)c(F)c1F.[Ti+4].c1cc[cH-]c1.c1cc[cH-]c1. The third kappa shape index (κ3) is 8.93. The Hall–Kier alpha value is -4.15. The third-order valence-electron chi connectivity index (χ3n) is 4.88. The van der Waals surface area contributed by atoms with Crippen molar-refractivity contribution >= 4 is 0 Å². The molecular weight excluding hydrogens is 588 g/mol. The fourth-order valence-corrected chi connectivity index (χ4v) is 3.08. The molecule has 0 bridgehead atoms. The predicted octanol–water partition coefficient (Wildman–Crippen LogP) is 8.48. The van der Waals surface area contributed by atoms with Gasteiger partial charge in [0.15, 0.2) is 0 Å². The van der Waals surface area contributed by atoms with Gasteiger partial charge in [-0.2, -0.15) is 36.4 Å². The Morgan fingerprint density at radius 1 is 0.415 bits per heavy atom. The van der Waals surface area contributed by atoms with E-state index >= 15 is 0 Å². The minimum absolute atomic E-state index is 0. The first-order chi connectivity index (χ1) is 19.2. The first-order valence-electron chi connectivity index (χ1n) is 11.3. The molecule has 11 heteroatoms. The first-order valence-corrected chi connectivity index (χ1v) is 11.3. The Kier molecular flexibility index (Phi) is 13.1. The van der Waals surface area contributed by atoms with Crippen molar-refractivity contribution in [3.8, 4) is 11.4 Å². The second-order valence-electron chi connectivity index (χ2n) is 7.56. The molecule has 6 rings (SSSR count). The van der Waals surface area contributed by atoms with Gasteiger partial charge >= 0.3 is 21.7 Å². The van der Waals surface area contributed by atoms with Crippen LogP contribution in [0.1, 0.15) is 0 Å². The van der Waals surface area contributed by atoms with Crippen LogP contribution >= 0.6 is 0 Å². The summed E-state index contributed by atoms with van der Waals surface area (Å²) < 4.78 is 105. The van der Waals surface area contributed by atoms with Crippen molar-refractivity contribution in [3.05, 3.63) is 168 Å². The molecule has 0 atom stereocenters. The summed E-state index contributed by atoms with van der Waals surface area (Å²) >= 11 is 0. The van der Waals surface area contributed by atoms with E-state index in [2.05, 4.69) is 0 Å². The van der Waals surface area contributed by atoms with E-state index in [1.807, 2.05) is 60.7 Å². The topological polar surface area (TPSA) is 9.86 Å². The number of rotatable bonds is 2. The molecule has 0 amide bonds. The van der Waals surface area contributed by atoms with Gasteiger partial charge in [0, 0.05) is 23.0 Å². The van der Waals surface area contributed by atoms with Gasteiger partial charge in [-0.15, -0.1) is 12.1 Å². The van der Waals surface area contributed by atoms with E-state index in [0.29, 0.717) is 0 Å². The van der Waals surface area contributed by atoms with Gasteiger partial charge in [-0.1, -0.05) is 0 Å². The molecule has 0 saturated heterocycles. The summed E-state index contributed by atoms with van der Waals surface area (Å²) in [6.07, 6.45) is 5.25. The summed E-state index contributed by atoms with van der Waals surface area (Å²) in [5.74, 6) is -12.5. The average Bonchev–Trinajstić information content (AvgIpc) is 3.75. The fourth-order valence-electron chi connectivity index (χ4n) is 3.08. The van der Waals surface area contributed by atoms with Crippen LogP contribution in [-0.2, 0) is 21.7 Å². The quantitative estimate of drug-likeness (QED) is 0.0616. The molecule has 2 aromatic heterocycles. The third-order valence-corrected chi connectivity index (χ3v) is 4.88. The Bertz CT molecular complexity index is 1410. The summed E-state index contributed by atoms with van der Waals surface area (Å²) in [4.78, 5) is 0. The zero-order valence-corrected chi connectivity index (χ0v) is 22.4. The van der Waals surface area contributed by atoms with E-state index in [9.17, 15) is 35.1 Å². The monoisotopic (exact) mass is 606 g/mol. The smallest absolute Gasteiger partial charge is 0.372 e. The molecule has 0 unspecified atom stereocenters. The van der Waals surface area contributed by atoms with Crippen LogP contribution in [-0.4, -0.2) is 9.13 Å². The molecule has 0 saturated carbocycles. The molecule has 0 aliphatic heterocycles. The molecular formula is C30H18F8N2Ti. The van der Waals surface area contributed by atoms with E-state index in [-0.39, 0.29) is 21.7 Å². The number of aromatic nitrogens is 2. The zero-order valence-electron chi connectivity index (χ0n) is 20.8. The van der Waals surface area contributed by atoms with Crippen LogP contribution in [0.2, 0.25) is 0 Å². The van der Waals surface area contributed by atoms with Crippen molar-refractivity contribution in [1.82, 2.24) is 9.13 Å². The molecule has 2 nitrogen and oxygen atoms in total. The minimum atomic E-state index is -1.74. The van der Waals surface area contributed by atoms with E-state index < -0.39 is 57.9 Å². The van der Waals surface area contributed by atoms with Gasteiger partial charge in [-0.3, -0.25) is 8.78 Å². The van der Waals surface area contributed by atoms with Crippen LogP contribution in [0.5, 0.6) is 0 Å². The Labute approximate surface area is 245 Å². The Balaban J connectivity index is 0.000000211. The van der Waals surface area contributed by atoms with Crippen molar-refractivity contribution in [2.24, 2.45) is 0 Å². The van der Waals surface area contributed by atoms with Crippen molar-refractivity contribution in [3.63, 3.8) is 0 Å². The standard InChI is InChI=1S/2C10H4F4N.2C5H5.Ti/c2*11-6-5-7(12)10(9(14)8(6)13)15-3-1-2-4-15;2*1-2-4-5-3-1;/h2*1-4H;2*1-5H;/q4*-1;+4. The van der Waals surface area contributed by atoms with Gasteiger partial charge in [0.25, 0.3) is 0 Å². The largest absolute Gasteiger partial charge is 4.00 e. The van der Waals surface area contributed by atoms with Crippen LogP contribution < -0.4 is 0 Å². The number of hydrogen-bond acceptors (Lipinski definition) is 0. The molecule has 208 valence electrons. The van der Waals surface area contributed by atoms with E-state index in [0.717, 1.165) is 9.13 Å². The van der Waals surface area contributed by atoms with Crippen molar-refractivity contribution in [2.75, 3.05) is 0 Å². The second kappa shape index (κ2) is 16.2. The van der Waals surface area contributed by atoms with E-state index in [1.54, 1.807) is 0 Å². The molecule has 0 N–H and O–H groups in total. The number of benzene rings is 2. The summed E-state index contributed by atoms with van der Waals surface area (Å²) in [6, 6.07) is 28.9. The van der Waals surface area contributed by atoms with Crippen LogP contribution in [0, 0.1) is 58.7 Å². The van der Waals surface area contributed by atoms with Gasteiger partial charge in [-0.25, -0.2) is 50.6 Å². The number of hydrogen-bond donors (Lipinski definition) is 0. The van der Waals surface area contributed by atoms with Crippen LogP contribution in [0.4, 0.5) is 35.1 Å². The fraction of sp³-hybridized carbons (Fsp3) is 0. The molecule has 4 aromatic carbocycles. The molecule has 0 aliphatic rings. The minimum Gasteiger partial charge on any atom is -0.372 e. The molecule has 0 radical (unpaired) electrons. The van der Waals surface area contributed by atoms with Gasteiger partial charge in [0.1, 0.15) is 0 Å². The second-order valence-corrected chi connectivity index (χ2v) is 7.56. The summed E-state index contributed by atoms with van der Waals surface area (Å²) in [5, 5.41) is 0. The molecule has 0 spiro atoms. The van der Waals surface area contributed by atoms with Crippen molar-refractivity contribution in [1.29, 1.82) is 0 Å². The summed E-state index contributed by atoms with van der Waals surface area (Å²) in [5.41, 5.74) is -1.36. The van der Waals surface area contributed by atoms with Crippen molar-refractivity contribution < 1.29 is 56.8 Å². The molecule has 6 aromatic rings. The maximum atomic E-state index is 13.2. The molecule has 0 aliphatic carbocycles. The van der Waals surface area contributed by atoms with E-state index in [1.165, 1.54) is 61.2 Å². The van der Waals surface area contributed by atoms with Gasteiger partial charge in [0.2, 0.25) is 0 Å².